The molecule has 0 spiro atoms. The Morgan fingerprint density at radius 3 is 2.38 bits per heavy atom. The van der Waals surface area contributed by atoms with E-state index in [0.717, 1.165) is 23.5 Å². The molecule has 0 bridgehead atoms. The van der Waals surface area contributed by atoms with Crippen molar-refractivity contribution in [3.05, 3.63) is 64.9 Å². The molecule has 5 rings (SSSR count). The molecule has 3 heterocycles. The van der Waals surface area contributed by atoms with Gasteiger partial charge in [-0.2, -0.15) is 13.2 Å². The molecule has 2 fully saturated rings. The van der Waals surface area contributed by atoms with Gasteiger partial charge in [-0.15, -0.1) is 11.3 Å². The number of alkyl halides is 3. The third-order valence-electron chi connectivity index (χ3n) is 6.91. The maximum absolute atomic E-state index is 13.8. The fraction of sp³-hybridized carbons (Fsp3) is 0.385. The fourth-order valence-electron chi connectivity index (χ4n) is 5.03. The SMILES string of the molecule is C[C@@H]1CN(c2ccc(F)cc2C(F)(F)F)CCN1c1ccccc1S(=O)(=O)c1cc(Cl)c(N2CCOCC2)s1. The molecule has 39 heavy (non-hydrogen) atoms. The number of hydrogen-bond acceptors (Lipinski definition) is 7. The zero-order valence-electron chi connectivity index (χ0n) is 20.9. The smallest absolute Gasteiger partial charge is 0.378 e. The number of sulfone groups is 1. The summed E-state index contributed by atoms with van der Waals surface area (Å²) in [6.45, 7) is 4.77. The molecule has 2 aliphatic heterocycles. The number of para-hydroxylation sites is 1. The van der Waals surface area contributed by atoms with E-state index >= 15 is 0 Å². The first kappa shape index (κ1) is 28.0. The van der Waals surface area contributed by atoms with Gasteiger partial charge in [-0.1, -0.05) is 23.7 Å². The Labute approximate surface area is 233 Å². The van der Waals surface area contributed by atoms with Crippen LogP contribution in [-0.2, 0) is 20.8 Å². The molecule has 13 heteroatoms. The van der Waals surface area contributed by atoms with Crippen molar-refractivity contribution in [2.75, 3.05) is 60.6 Å². The molecule has 2 aliphatic rings. The molecule has 1 aromatic heterocycles. The second kappa shape index (κ2) is 10.8. The average molecular weight is 604 g/mol. The van der Waals surface area contributed by atoms with E-state index < -0.39 is 27.4 Å². The van der Waals surface area contributed by atoms with Gasteiger partial charge < -0.3 is 19.4 Å². The van der Waals surface area contributed by atoms with Crippen LogP contribution >= 0.6 is 22.9 Å². The highest BCUT2D eigenvalue weighted by molar-refractivity contribution is 7.93. The van der Waals surface area contributed by atoms with Crippen molar-refractivity contribution in [2.45, 2.75) is 28.2 Å². The van der Waals surface area contributed by atoms with Gasteiger partial charge in [0.15, 0.2) is 0 Å². The first-order valence-electron chi connectivity index (χ1n) is 12.3. The largest absolute Gasteiger partial charge is 0.418 e. The van der Waals surface area contributed by atoms with Crippen LogP contribution in [0.3, 0.4) is 0 Å². The van der Waals surface area contributed by atoms with E-state index in [1.165, 1.54) is 12.1 Å². The fourth-order valence-corrected chi connectivity index (χ4v) is 8.49. The van der Waals surface area contributed by atoms with Crippen molar-refractivity contribution in [1.29, 1.82) is 0 Å². The number of piperazine rings is 1. The van der Waals surface area contributed by atoms with Gasteiger partial charge in [0, 0.05) is 44.5 Å². The maximum atomic E-state index is 13.8. The third kappa shape index (κ3) is 5.57. The van der Waals surface area contributed by atoms with Crippen molar-refractivity contribution in [1.82, 2.24) is 0 Å². The molecular formula is C26H26ClF4N3O3S2. The van der Waals surface area contributed by atoms with Gasteiger partial charge in [-0.05, 0) is 43.3 Å². The number of ether oxygens (including phenoxy) is 1. The number of morpholine rings is 1. The molecule has 6 nitrogen and oxygen atoms in total. The molecule has 210 valence electrons. The van der Waals surface area contributed by atoms with Gasteiger partial charge in [0.1, 0.15) is 15.0 Å². The van der Waals surface area contributed by atoms with Crippen molar-refractivity contribution >= 4 is 49.2 Å². The van der Waals surface area contributed by atoms with Crippen molar-refractivity contribution in [2.24, 2.45) is 0 Å². The number of hydrogen-bond donors (Lipinski definition) is 0. The number of nitrogens with zero attached hydrogens (tertiary/aromatic N) is 3. The van der Waals surface area contributed by atoms with Crippen LogP contribution in [0, 0.1) is 5.82 Å². The van der Waals surface area contributed by atoms with Crippen LogP contribution in [0.25, 0.3) is 0 Å². The van der Waals surface area contributed by atoms with E-state index in [4.69, 9.17) is 16.3 Å². The Morgan fingerprint density at radius 2 is 1.69 bits per heavy atom. The van der Waals surface area contributed by atoms with E-state index in [1.807, 2.05) is 16.7 Å². The lowest BCUT2D eigenvalue weighted by atomic mass is 10.1. The minimum absolute atomic E-state index is 0.0971. The topological polar surface area (TPSA) is 53.1 Å². The maximum Gasteiger partial charge on any atom is 0.418 e. The highest BCUT2D eigenvalue weighted by atomic mass is 35.5. The highest BCUT2D eigenvalue weighted by Crippen LogP contribution is 2.43. The second-order valence-electron chi connectivity index (χ2n) is 9.44. The van der Waals surface area contributed by atoms with Crippen LogP contribution in [0.2, 0.25) is 5.02 Å². The number of anilines is 3. The summed E-state index contributed by atoms with van der Waals surface area (Å²) >= 11 is 7.57. The van der Waals surface area contributed by atoms with Gasteiger partial charge in [-0.25, -0.2) is 12.8 Å². The quantitative estimate of drug-likeness (QED) is 0.336. The normalized spacial score (nSPS) is 19.0. The number of halogens is 5. The molecule has 2 aromatic carbocycles. The van der Waals surface area contributed by atoms with Gasteiger partial charge in [0.2, 0.25) is 9.84 Å². The summed E-state index contributed by atoms with van der Waals surface area (Å²) < 4.78 is 87.7. The molecule has 2 saturated heterocycles. The van der Waals surface area contributed by atoms with E-state index in [0.29, 0.717) is 48.1 Å². The molecule has 0 N–H and O–H groups in total. The summed E-state index contributed by atoms with van der Waals surface area (Å²) in [5.74, 6) is -0.956. The second-order valence-corrected chi connectivity index (χ2v) is 13.0. The Hall–Kier alpha value is -2.54. The lowest BCUT2D eigenvalue weighted by Crippen LogP contribution is -2.52. The summed E-state index contributed by atoms with van der Waals surface area (Å²) in [5.41, 5.74) is -0.658. The van der Waals surface area contributed by atoms with Crippen molar-refractivity contribution in [3.63, 3.8) is 0 Å². The molecule has 0 aliphatic carbocycles. The Balaban J connectivity index is 1.43. The molecule has 1 atom stereocenters. The molecule has 0 amide bonds. The average Bonchev–Trinajstić information content (AvgIpc) is 3.31. The van der Waals surface area contributed by atoms with Crippen LogP contribution in [0.4, 0.5) is 33.9 Å². The zero-order chi connectivity index (χ0) is 27.9. The van der Waals surface area contributed by atoms with Crippen molar-refractivity contribution < 1.29 is 30.7 Å². The Morgan fingerprint density at radius 1 is 0.974 bits per heavy atom. The van der Waals surface area contributed by atoms with E-state index in [9.17, 15) is 26.0 Å². The highest BCUT2D eigenvalue weighted by Gasteiger charge is 2.37. The summed E-state index contributed by atoms with van der Waals surface area (Å²) in [7, 11) is -3.95. The third-order valence-corrected chi connectivity index (χ3v) is 10.8. The lowest BCUT2D eigenvalue weighted by Gasteiger charge is -2.43. The van der Waals surface area contributed by atoms with E-state index in [1.54, 1.807) is 23.1 Å². The predicted octanol–water partition coefficient (Wildman–Crippen LogP) is 5.94. The minimum Gasteiger partial charge on any atom is -0.378 e. The molecule has 0 saturated carbocycles. The van der Waals surface area contributed by atoms with Gasteiger partial charge in [0.25, 0.3) is 0 Å². The monoisotopic (exact) mass is 603 g/mol. The summed E-state index contributed by atoms with van der Waals surface area (Å²) in [5, 5.41) is 1.04. The lowest BCUT2D eigenvalue weighted by molar-refractivity contribution is -0.137. The van der Waals surface area contributed by atoms with Crippen molar-refractivity contribution in [3.8, 4) is 0 Å². The van der Waals surface area contributed by atoms with Crippen LogP contribution in [0.1, 0.15) is 12.5 Å². The predicted molar refractivity (Wildman–Crippen MR) is 145 cm³/mol. The van der Waals surface area contributed by atoms with Gasteiger partial charge in [-0.3, -0.25) is 0 Å². The molecule has 0 radical (unpaired) electrons. The van der Waals surface area contributed by atoms with Gasteiger partial charge >= 0.3 is 6.18 Å². The Kier molecular flexibility index (Phi) is 7.75. The Bertz CT molecular complexity index is 1460. The van der Waals surface area contributed by atoms with Crippen LogP contribution in [-0.4, -0.2) is 60.4 Å². The van der Waals surface area contributed by atoms with E-state index in [-0.39, 0.29) is 40.5 Å². The number of thiophene rings is 1. The van der Waals surface area contributed by atoms with Crippen LogP contribution < -0.4 is 14.7 Å². The summed E-state index contributed by atoms with van der Waals surface area (Å²) in [6.07, 6.45) is -4.71. The standard InChI is InChI=1S/C26H26ClF4N3O3S2/c1-17-16-33(21-7-6-18(28)14-19(21)26(29,30)31)8-9-34(17)22-4-2-3-5-23(22)39(35,36)24-15-20(27)25(38-24)32-10-12-37-13-11-32/h2-7,14-15,17H,8-13,16H2,1H3/t17-/m1/s1. The van der Waals surface area contributed by atoms with Crippen LogP contribution in [0.5, 0.6) is 0 Å². The van der Waals surface area contributed by atoms with Gasteiger partial charge in [0.05, 0.1) is 34.4 Å². The summed E-state index contributed by atoms with van der Waals surface area (Å²) in [6, 6.07) is 10.4. The molecular weight excluding hydrogens is 578 g/mol. The molecule has 0 unspecified atom stereocenters. The number of benzene rings is 2. The minimum atomic E-state index is -4.71. The zero-order valence-corrected chi connectivity index (χ0v) is 23.3. The first-order valence-corrected chi connectivity index (χ1v) is 15.0. The molecule has 3 aromatic rings. The van der Waals surface area contributed by atoms with E-state index in [2.05, 4.69) is 0 Å². The van der Waals surface area contributed by atoms with Crippen LogP contribution in [0.15, 0.2) is 57.6 Å². The number of rotatable bonds is 5. The first-order chi connectivity index (χ1) is 18.5. The summed E-state index contributed by atoms with van der Waals surface area (Å²) in [4.78, 5) is 5.56.